The van der Waals surface area contributed by atoms with Crippen molar-refractivity contribution in [3.05, 3.63) is 59.8 Å². The van der Waals surface area contributed by atoms with Gasteiger partial charge in [0.1, 0.15) is 0 Å². The first-order valence-corrected chi connectivity index (χ1v) is 7.72. The molecule has 0 rings (SSSR count). The summed E-state index contributed by atoms with van der Waals surface area (Å²) in [5.74, 6) is 0.492. The van der Waals surface area contributed by atoms with Crippen LogP contribution in [-0.4, -0.2) is 0 Å². The topological polar surface area (TPSA) is 0 Å². The largest absolute Gasteiger partial charge is 0.0956 e. The Bertz CT molecular complexity index is 342. The Morgan fingerprint density at radius 1 is 0.800 bits per heavy atom. The van der Waals surface area contributed by atoms with Crippen LogP contribution >= 0.6 is 0 Å². The fourth-order valence-corrected chi connectivity index (χ4v) is 0.930. The van der Waals surface area contributed by atoms with Crippen LogP contribution in [0.25, 0.3) is 0 Å². The van der Waals surface area contributed by atoms with Gasteiger partial charge >= 0.3 is 0 Å². The molecule has 0 heteroatoms. The highest BCUT2D eigenvalue weighted by Gasteiger charge is 1.95. The minimum Gasteiger partial charge on any atom is -0.0956 e. The van der Waals surface area contributed by atoms with Gasteiger partial charge in [-0.05, 0) is 37.8 Å². The van der Waals surface area contributed by atoms with Gasteiger partial charge in [0, 0.05) is 0 Å². The van der Waals surface area contributed by atoms with Crippen LogP contribution in [0.4, 0.5) is 0 Å². The maximum atomic E-state index is 4.04. The Kier molecular flexibility index (Phi) is 18.7. The van der Waals surface area contributed by atoms with Crippen LogP contribution in [-0.2, 0) is 0 Å². The van der Waals surface area contributed by atoms with Gasteiger partial charge in [0.05, 0.1) is 0 Å². The highest BCUT2D eigenvalue weighted by molar-refractivity contribution is 5.40. The van der Waals surface area contributed by atoms with Gasteiger partial charge in [-0.2, -0.15) is 0 Å². The van der Waals surface area contributed by atoms with Crippen LogP contribution in [0.5, 0.6) is 0 Å². The summed E-state index contributed by atoms with van der Waals surface area (Å²) < 4.78 is 0. The lowest BCUT2D eigenvalue weighted by Gasteiger charge is -2.04. The van der Waals surface area contributed by atoms with Crippen LogP contribution < -0.4 is 0 Å². The van der Waals surface area contributed by atoms with E-state index in [-0.39, 0.29) is 0 Å². The Labute approximate surface area is 128 Å². The smallest absolute Gasteiger partial charge is 0.0225 e. The summed E-state index contributed by atoms with van der Waals surface area (Å²) in [5, 5.41) is 0. The molecule has 0 saturated heterocycles. The van der Waals surface area contributed by atoms with E-state index in [1.54, 1.807) is 0 Å². The van der Waals surface area contributed by atoms with Crippen LogP contribution in [0.3, 0.4) is 0 Å². The lowest BCUT2D eigenvalue weighted by atomic mass is 10.0. The van der Waals surface area contributed by atoms with Crippen LogP contribution in [0.1, 0.15) is 62.3 Å². The highest BCUT2D eigenvalue weighted by Crippen LogP contribution is 2.13. The normalized spacial score (nSPS) is 10.2. The molecule has 0 aliphatic carbocycles. The van der Waals surface area contributed by atoms with Crippen LogP contribution in [0.2, 0.25) is 0 Å². The van der Waals surface area contributed by atoms with Gasteiger partial charge in [-0.3, -0.25) is 0 Å². The first-order chi connectivity index (χ1) is 9.34. The van der Waals surface area contributed by atoms with Gasteiger partial charge in [0.15, 0.2) is 0 Å². The second-order valence-electron chi connectivity index (χ2n) is 4.68. The van der Waals surface area contributed by atoms with E-state index in [0.29, 0.717) is 5.92 Å². The van der Waals surface area contributed by atoms with Gasteiger partial charge < -0.3 is 0 Å². The summed E-state index contributed by atoms with van der Waals surface area (Å²) in [4.78, 5) is 0. The zero-order valence-corrected chi connectivity index (χ0v) is 15.3. The van der Waals surface area contributed by atoms with Gasteiger partial charge in [0.25, 0.3) is 0 Å². The maximum Gasteiger partial charge on any atom is -0.0225 e. The molecule has 0 aromatic carbocycles. The van der Waals surface area contributed by atoms with Crippen molar-refractivity contribution in [3.63, 3.8) is 0 Å². The summed E-state index contributed by atoms with van der Waals surface area (Å²) in [6.45, 7) is 26.6. The Hall–Kier alpha value is -1.30. The summed E-state index contributed by atoms with van der Waals surface area (Å²) in [7, 11) is 0. The van der Waals surface area contributed by atoms with Crippen LogP contribution in [0.15, 0.2) is 59.8 Å². The molecule has 0 atom stereocenters. The van der Waals surface area contributed by atoms with Crippen molar-refractivity contribution in [1.29, 1.82) is 0 Å². The van der Waals surface area contributed by atoms with Gasteiger partial charge in [0.2, 0.25) is 0 Å². The molecule has 0 radical (unpaired) electrons. The van der Waals surface area contributed by atoms with Crippen molar-refractivity contribution in [1.82, 2.24) is 0 Å². The molecule has 0 fully saturated rings. The molecule has 0 spiro atoms. The molecule has 0 aromatic rings. The molecular weight excluding hydrogens is 240 g/mol. The molecule has 0 aliphatic rings. The lowest BCUT2D eigenvalue weighted by molar-refractivity contribution is 0.795. The van der Waals surface area contributed by atoms with E-state index in [9.17, 15) is 0 Å². The van der Waals surface area contributed by atoms with Crippen molar-refractivity contribution in [2.45, 2.75) is 62.3 Å². The minimum absolute atomic E-state index is 0.492. The standard InChI is InChI=1S/C16H24.2C2H6/c1-12(2)8-9-15(6)16(7)11-10-14(5)13(3)4;2*1-2/h8-11,13H,5,7H2,1-4,6H3;2*1-2H3/b11-10-,15-9+;;. The van der Waals surface area contributed by atoms with E-state index < -0.39 is 0 Å². The second-order valence-corrected chi connectivity index (χ2v) is 4.68. The monoisotopic (exact) mass is 276 g/mol. The number of hydrogen-bond acceptors (Lipinski definition) is 0. The summed E-state index contributed by atoms with van der Waals surface area (Å²) in [6, 6.07) is 0. The van der Waals surface area contributed by atoms with E-state index in [1.807, 2.05) is 39.8 Å². The van der Waals surface area contributed by atoms with Crippen molar-refractivity contribution in [2.75, 3.05) is 0 Å². The molecule has 116 valence electrons. The Balaban J connectivity index is -0.000000656. The third-order valence-corrected chi connectivity index (χ3v) is 2.41. The molecule has 0 aromatic heterocycles. The molecule has 0 nitrogen and oxygen atoms in total. The summed E-state index contributed by atoms with van der Waals surface area (Å²) in [5.41, 5.74) is 4.66. The fraction of sp³-hybridized carbons (Fsp3) is 0.500. The molecule has 0 aliphatic heterocycles. The number of allylic oxidation sites excluding steroid dienone is 8. The number of rotatable bonds is 5. The van der Waals surface area contributed by atoms with E-state index in [1.165, 1.54) is 11.1 Å². The predicted octanol–water partition coefficient (Wildman–Crippen LogP) is 7.28. The SMILES string of the molecule is C=C(/C=C\C(=C)C(C)C)/C(C)=C/C=C(C)C.CC.CC. The fourth-order valence-electron chi connectivity index (χ4n) is 0.930. The average molecular weight is 277 g/mol. The van der Waals surface area contributed by atoms with E-state index in [2.05, 4.69) is 59.9 Å². The van der Waals surface area contributed by atoms with E-state index >= 15 is 0 Å². The predicted molar refractivity (Wildman–Crippen MR) is 98.1 cm³/mol. The van der Waals surface area contributed by atoms with Crippen molar-refractivity contribution in [3.8, 4) is 0 Å². The van der Waals surface area contributed by atoms with Crippen molar-refractivity contribution >= 4 is 0 Å². The molecule has 0 N–H and O–H groups in total. The van der Waals surface area contributed by atoms with Gasteiger partial charge in [-0.25, -0.2) is 0 Å². The van der Waals surface area contributed by atoms with Crippen molar-refractivity contribution < 1.29 is 0 Å². The molecule has 0 saturated carbocycles. The van der Waals surface area contributed by atoms with Crippen LogP contribution in [0, 0.1) is 5.92 Å². The van der Waals surface area contributed by atoms with E-state index in [0.717, 1.165) is 11.1 Å². The molecule has 0 heterocycles. The molecule has 0 unspecified atom stereocenters. The summed E-state index contributed by atoms with van der Waals surface area (Å²) in [6.07, 6.45) is 8.28. The third kappa shape index (κ3) is 14.8. The minimum atomic E-state index is 0.492. The second kappa shape index (κ2) is 15.8. The zero-order valence-electron chi connectivity index (χ0n) is 15.3. The molecular formula is C20H36. The third-order valence-electron chi connectivity index (χ3n) is 2.41. The van der Waals surface area contributed by atoms with Gasteiger partial charge in [-0.1, -0.05) is 90.2 Å². The lowest BCUT2D eigenvalue weighted by Crippen LogP contribution is -1.88. The first-order valence-electron chi connectivity index (χ1n) is 7.72. The number of hydrogen-bond donors (Lipinski definition) is 0. The first kappa shape index (κ1) is 23.8. The molecule has 20 heavy (non-hydrogen) atoms. The van der Waals surface area contributed by atoms with Gasteiger partial charge in [-0.15, -0.1) is 0 Å². The zero-order chi connectivity index (χ0) is 16.7. The molecule has 0 amide bonds. The Morgan fingerprint density at radius 2 is 1.25 bits per heavy atom. The van der Waals surface area contributed by atoms with Crippen molar-refractivity contribution in [2.24, 2.45) is 5.92 Å². The molecule has 0 bridgehead atoms. The Morgan fingerprint density at radius 3 is 1.60 bits per heavy atom. The maximum absolute atomic E-state index is 4.04. The highest BCUT2D eigenvalue weighted by atomic mass is 14.0. The van der Waals surface area contributed by atoms with E-state index in [4.69, 9.17) is 0 Å². The quantitative estimate of drug-likeness (QED) is 0.463. The summed E-state index contributed by atoms with van der Waals surface area (Å²) >= 11 is 0. The average Bonchev–Trinajstić information content (AvgIpc) is 2.45.